The minimum Gasteiger partial charge on any atom is -0.312 e. The summed E-state index contributed by atoms with van der Waals surface area (Å²) in [5, 5.41) is 3.46. The minimum absolute atomic E-state index is 0.723. The second-order valence-electron chi connectivity index (χ2n) is 4.45. The summed E-state index contributed by atoms with van der Waals surface area (Å²) in [6.07, 6.45) is 0. The highest BCUT2D eigenvalue weighted by molar-refractivity contribution is 5.30. The van der Waals surface area contributed by atoms with Gasteiger partial charge in [-0.25, -0.2) is 0 Å². The number of aryl methyl sites for hydroxylation is 2. The molecule has 0 saturated carbocycles. The van der Waals surface area contributed by atoms with Gasteiger partial charge in [-0.1, -0.05) is 37.6 Å². The van der Waals surface area contributed by atoms with Crippen molar-refractivity contribution >= 4 is 0 Å². The Hall–Kier alpha value is -0.820. The second-order valence-corrected chi connectivity index (χ2v) is 4.45. The maximum Gasteiger partial charge on any atom is 0.0208 e. The van der Waals surface area contributed by atoms with Gasteiger partial charge in [0.25, 0.3) is 0 Å². The monoisotopic (exact) mass is 191 g/mol. The Morgan fingerprint density at radius 1 is 1.21 bits per heavy atom. The summed E-state index contributed by atoms with van der Waals surface area (Å²) >= 11 is 0. The molecule has 0 heterocycles. The highest BCUT2D eigenvalue weighted by atomic mass is 14.8. The van der Waals surface area contributed by atoms with E-state index in [9.17, 15) is 0 Å². The molecule has 0 aliphatic carbocycles. The standard InChI is InChI=1S/C13H21N/c1-10(2)8-14-9-13-6-5-11(3)7-12(13)4/h5-7,10,14H,8-9H2,1-4H3. The summed E-state index contributed by atoms with van der Waals surface area (Å²) < 4.78 is 0. The number of hydrogen-bond acceptors (Lipinski definition) is 1. The maximum atomic E-state index is 3.46. The van der Waals surface area contributed by atoms with E-state index in [0.717, 1.165) is 19.0 Å². The molecular weight excluding hydrogens is 170 g/mol. The van der Waals surface area contributed by atoms with Gasteiger partial charge in [0.1, 0.15) is 0 Å². The summed E-state index contributed by atoms with van der Waals surface area (Å²) in [4.78, 5) is 0. The molecular formula is C13H21N. The number of hydrogen-bond donors (Lipinski definition) is 1. The van der Waals surface area contributed by atoms with Crippen LogP contribution in [0.5, 0.6) is 0 Å². The number of nitrogens with one attached hydrogen (secondary N) is 1. The van der Waals surface area contributed by atoms with Crippen LogP contribution in [-0.2, 0) is 6.54 Å². The fraction of sp³-hybridized carbons (Fsp3) is 0.538. The zero-order chi connectivity index (χ0) is 10.6. The largest absolute Gasteiger partial charge is 0.312 e. The molecule has 1 N–H and O–H groups in total. The Kier molecular flexibility index (Phi) is 4.15. The van der Waals surface area contributed by atoms with Crippen LogP contribution >= 0.6 is 0 Å². The van der Waals surface area contributed by atoms with Gasteiger partial charge in [-0.3, -0.25) is 0 Å². The van der Waals surface area contributed by atoms with Crippen LogP contribution in [0.15, 0.2) is 18.2 Å². The zero-order valence-electron chi connectivity index (χ0n) is 9.72. The van der Waals surface area contributed by atoms with Crippen molar-refractivity contribution in [2.75, 3.05) is 6.54 Å². The highest BCUT2D eigenvalue weighted by Gasteiger charge is 1.98. The lowest BCUT2D eigenvalue weighted by Crippen LogP contribution is -2.19. The molecule has 0 fully saturated rings. The Morgan fingerprint density at radius 2 is 1.93 bits per heavy atom. The molecule has 14 heavy (non-hydrogen) atoms. The summed E-state index contributed by atoms with van der Waals surface area (Å²) in [6.45, 7) is 10.9. The molecule has 1 aromatic carbocycles. The predicted molar refractivity (Wildman–Crippen MR) is 62.5 cm³/mol. The van der Waals surface area contributed by atoms with Crippen molar-refractivity contribution in [2.45, 2.75) is 34.2 Å². The fourth-order valence-electron chi connectivity index (χ4n) is 1.54. The molecule has 1 rings (SSSR count). The zero-order valence-corrected chi connectivity index (χ0v) is 9.72. The van der Waals surface area contributed by atoms with Crippen molar-refractivity contribution in [3.8, 4) is 0 Å². The van der Waals surface area contributed by atoms with Crippen LogP contribution in [-0.4, -0.2) is 6.54 Å². The third-order valence-corrected chi connectivity index (χ3v) is 2.37. The van der Waals surface area contributed by atoms with E-state index in [0.29, 0.717) is 0 Å². The SMILES string of the molecule is Cc1ccc(CNCC(C)C)c(C)c1. The number of rotatable bonds is 4. The Labute approximate surface area is 87.5 Å². The van der Waals surface area contributed by atoms with Gasteiger partial charge in [-0.15, -0.1) is 0 Å². The Balaban J connectivity index is 2.51. The van der Waals surface area contributed by atoms with E-state index in [1.54, 1.807) is 0 Å². The van der Waals surface area contributed by atoms with Crippen LogP contribution in [0.2, 0.25) is 0 Å². The lowest BCUT2D eigenvalue weighted by Gasteiger charge is -2.10. The molecule has 0 bridgehead atoms. The summed E-state index contributed by atoms with van der Waals surface area (Å²) in [5.74, 6) is 0.723. The van der Waals surface area contributed by atoms with Crippen molar-refractivity contribution in [1.29, 1.82) is 0 Å². The molecule has 1 heteroatoms. The van der Waals surface area contributed by atoms with Crippen LogP contribution in [0, 0.1) is 19.8 Å². The van der Waals surface area contributed by atoms with Gasteiger partial charge < -0.3 is 5.32 Å². The van der Waals surface area contributed by atoms with E-state index < -0.39 is 0 Å². The molecule has 1 aromatic rings. The Bertz CT molecular complexity index is 289. The van der Waals surface area contributed by atoms with E-state index in [2.05, 4.69) is 51.2 Å². The van der Waals surface area contributed by atoms with Crippen LogP contribution in [0.3, 0.4) is 0 Å². The van der Waals surface area contributed by atoms with Gasteiger partial charge in [0.2, 0.25) is 0 Å². The normalized spacial score (nSPS) is 10.9. The Morgan fingerprint density at radius 3 is 2.50 bits per heavy atom. The first-order valence-electron chi connectivity index (χ1n) is 5.36. The third kappa shape index (κ3) is 3.51. The van der Waals surface area contributed by atoms with Crippen molar-refractivity contribution in [2.24, 2.45) is 5.92 Å². The topological polar surface area (TPSA) is 12.0 Å². The highest BCUT2D eigenvalue weighted by Crippen LogP contribution is 2.10. The van der Waals surface area contributed by atoms with Crippen LogP contribution in [0.1, 0.15) is 30.5 Å². The van der Waals surface area contributed by atoms with Gasteiger partial charge in [0, 0.05) is 6.54 Å². The molecule has 0 radical (unpaired) electrons. The lowest BCUT2D eigenvalue weighted by atomic mass is 10.1. The molecule has 0 aliphatic rings. The van der Waals surface area contributed by atoms with Gasteiger partial charge in [0.15, 0.2) is 0 Å². The molecule has 0 spiro atoms. The van der Waals surface area contributed by atoms with E-state index in [1.165, 1.54) is 16.7 Å². The first-order chi connectivity index (χ1) is 6.59. The molecule has 0 aliphatic heterocycles. The molecule has 0 amide bonds. The van der Waals surface area contributed by atoms with Crippen molar-refractivity contribution < 1.29 is 0 Å². The van der Waals surface area contributed by atoms with Crippen molar-refractivity contribution in [3.05, 3.63) is 34.9 Å². The second kappa shape index (κ2) is 5.16. The molecule has 0 aromatic heterocycles. The quantitative estimate of drug-likeness (QED) is 0.771. The van der Waals surface area contributed by atoms with E-state index in [4.69, 9.17) is 0 Å². The summed E-state index contributed by atoms with van der Waals surface area (Å²) in [5.41, 5.74) is 4.15. The average molecular weight is 191 g/mol. The molecule has 0 unspecified atom stereocenters. The van der Waals surface area contributed by atoms with Crippen LogP contribution < -0.4 is 5.32 Å². The summed E-state index contributed by atoms with van der Waals surface area (Å²) in [6, 6.07) is 6.64. The third-order valence-electron chi connectivity index (χ3n) is 2.37. The fourth-order valence-corrected chi connectivity index (χ4v) is 1.54. The summed E-state index contributed by atoms with van der Waals surface area (Å²) in [7, 11) is 0. The van der Waals surface area contributed by atoms with Crippen molar-refractivity contribution in [3.63, 3.8) is 0 Å². The van der Waals surface area contributed by atoms with Crippen molar-refractivity contribution in [1.82, 2.24) is 5.32 Å². The average Bonchev–Trinajstić information content (AvgIpc) is 2.08. The maximum absolute atomic E-state index is 3.46. The van der Waals surface area contributed by atoms with Crippen LogP contribution in [0.25, 0.3) is 0 Å². The van der Waals surface area contributed by atoms with E-state index in [-0.39, 0.29) is 0 Å². The van der Waals surface area contributed by atoms with Gasteiger partial charge in [0.05, 0.1) is 0 Å². The smallest absolute Gasteiger partial charge is 0.0208 e. The first kappa shape index (κ1) is 11.3. The molecule has 0 saturated heterocycles. The lowest BCUT2D eigenvalue weighted by molar-refractivity contribution is 0.551. The first-order valence-corrected chi connectivity index (χ1v) is 5.36. The molecule has 78 valence electrons. The minimum atomic E-state index is 0.723. The van der Waals surface area contributed by atoms with Gasteiger partial charge >= 0.3 is 0 Å². The van der Waals surface area contributed by atoms with E-state index in [1.807, 2.05) is 0 Å². The molecule has 0 atom stereocenters. The van der Waals surface area contributed by atoms with E-state index >= 15 is 0 Å². The number of benzene rings is 1. The van der Waals surface area contributed by atoms with Crippen LogP contribution in [0.4, 0.5) is 0 Å². The van der Waals surface area contributed by atoms with Gasteiger partial charge in [-0.2, -0.15) is 0 Å². The molecule has 1 nitrogen and oxygen atoms in total. The predicted octanol–water partition coefficient (Wildman–Crippen LogP) is 3.05. The van der Waals surface area contributed by atoms with Gasteiger partial charge in [-0.05, 0) is 37.4 Å².